The predicted molar refractivity (Wildman–Crippen MR) is 252 cm³/mol. The Kier molecular flexibility index (Phi) is 9.68. The third kappa shape index (κ3) is 5.53. The highest BCUT2D eigenvalue weighted by atomic mass is 15.2. The summed E-state index contributed by atoms with van der Waals surface area (Å²) in [7, 11) is 0. The van der Waals surface area contributed by atoms with Crippen molar-refractivity contribution in [1.82, 2.24) is 0 Å². The van der Waals surface area contributed by atoms with Crippen LogP contribution in [-0.4, -0.2) is 0 Å². The molecule has 0 saturated heterocycles. The fourth-order valence-electron chi connectivity index (χ4n) is 10.6. The minimum absolute atomic E-state index is 0.629. The minimum Gasteiger partial charge on any atom is -0.308 e. The van der Waals surface area contributed by atoms with Crippen molar-refractivity contribution < 1.29 is 0 Å². The van der Waals surface area contributed by atoms with Crippen LogP contribution in [0.2, 0.25) is 0 Å². The number of rotatable bonds is 3. The third-order valence-electron chi connectivity index (χ3n) is 15.8. The number of hydrogen-bond acceptors (Lipinski definition) is 4. The van der Waals surface area contributed by atoms with Crippen LogP contribution in [0.5, 0.6) is 0 Å². The Morgan fingerprint density at radius 1 is 0.333 bits per heavy atom. The van der Waals surface area contributed by atoms with Crippen molar-refractivity contribution in [2.45, 2.75) is 124 Å². The number of benzene rings is 6. The lowest BCUT2D eigenvalue weighted by Gasteiger charge is -2.40. The summed E-state index contributed by atoms with van der Waals surface area (Å²) in [6.45, 7) is 36.0. The van der Waals surface area contributed by atoms with Crippen LogP contribution in [0.15, 0.2) is 36.4 Å². The number of nitriles is 2. The molecule has 2 heterocycles. The summed E-state index contributed by atoms with van der Waals surface area (Å²) in [5, 5.41) is 21.8. The SMILES string of the molecule is Cc1c(C)c(C)c2c(c1C)Cc1c(C)c(C)c(C)c(C)c1N2c1cc(-c2ccc(C#N)c(N3c4c(C)c(C)c(C)c(C)c4Cc4c(C)c(C)c(C)c(C)c43)c2)ccc1C#N. The molecule has 0 aliphatic carbocycles. The van der Waals surface area contributed by atoms with Crippen LogP contribution in [0.1, 0.15) is 122 Å². The molecule has 2 aliphatic heterocycles. The van der Waals surface area contributed by atoms with Gasteiger partial charge in [-0.05, 0) is 257 Å². The smallest absolute Gasteiger partial charge is 0.101 e. The topological polar surface area (TPSA) is 54.1 Å². The van der Waals surface area contributed by atoms with Gasteiger partial charge < -0.3 is 9.80 Å². The molecule has 0 radical (unpaired) electrons. The fourth-order valence-corrected chi connectivity index (χ4v) is 10.6. The van der Waals surface area contributed by atoms with E-state index in [1.165, 1.54) is 134 Å². The molecule has 0 spiro atoms. The van der Waals surface area contributed by atoms with E-state index in [9.17, 15) is 10.5 Å². The molecule has 0 saturated carbocycles. The second-order valence-corrected chi connectivity index (χ2v) is 18.0. The van der Waals surface area contributed by atoms with Gasteiger partial charge in [0.15, 0.2) is 0 Å². The number of fused-ring (bicyclic) bond motifs is 4. The standard InChI is InChI=1S/C56H58N4/c1-27-31(5)39(13)53-47(35(27)9)23-48-36(10)28(2)32(6)40(14)54(48)59(53)51-21-43(17-19-45(51)25-57)44-18-20-46(26-58)52(22-44)60-55-41(15)33(7)29(3)37(11)49(55)24-50-38(12)30(4)34(8)42(16)56(50)60/h17-22H,23-24H2,1-16H3. The molecular formula is C56H58N4. The average Bonchev–Trinajstić information content (AvgIpc) is 3.26. The zero-order chi connectivity index (χ0) is 43.5. The van der Waals surface area contributed by atoms with Crippen LogP contribution in [0.25, 0.3) is 11.1 Å². The van der Waals surface area contributed by atoms with E-state index in [1.807, 2.05) is 12.1 Å². The second-order valence-electron chi connectivity index (χ2n) is 18.0. The molecule has 4 heteroatoms. The average molecular weight is 787 g/mol. The third-order valence-corrected chi connectivity index (χ3v) is 15.8. The fraction of sp³-hybridized carbons (Fsp3) is 0.321. The molecule has 0 fully saturated rings. The minimum atomic E-state index is 0.629. The van der Waals surface area contributed by atoms with Crippen molar-refractivity contribution >= 4 is 34.1 Å². The lowest BCUT2D eigenvalue weighted by Crippen LogP contribution is -2.25. The molecule has 0 bridgehead atoms. The molecule has 2 aliphatic rings. The zero-order valence-electron chi connectivity index (χ0n) is 38.7. The van der Waals surface area contributed by atoms with Crippen LogP contribution >= 0.6 is 0 Å². The Hall–Kier alpha value is -6.10. The van der Waals surface area contributed by atoms with Gasteiger partial charge in [0, 0.05) is 12.8 Å². The number of anilines is 6. The van der Waals surface area contributed by atoms with Crippen molar-refractivity contribution in [3.63, 3.8) is 0 Å². The van der Waals surface area contributed by atoms with Crippen molar-refractivity contribution in [3.05, 3.63) is 159 Å². The normalized spacial score (nSPS) is 12.8. The lowest BCUT2D eigenvalue weighted by molar-refractivity contribution is 0.994. The Morgan fingerprint density at radius 3 is 0.800 bits per heavy atom. The summed E-state index contributed by atoms with van der Waals surface area (Å²) in [5.41, 5.74) is 35.9. The van der Waals surface area contributed by atoms with Gasteiger partial charge in [0.2, 0.25) is 0 Å². The van der Waals surface area contributed by atoms with Gasteiger partial charge in [0.1, 0.15) is 12.1 Å². The van der Waals surface area contributed by atoms with Crippen LogP contribution in [0, 0.1) is 133 Å². The summed E-state index contributed by atoms with van der Waals surface area (Å²) < 4.78 is 0. The first kappa shape index (κ1) is 40.7. The van der Waals surface area contributed by atoms with E-state index >= 15 is 0 Å². The monoisotopic (exact) mass is 786 g/mol. The first-order valence-electron chi connectivity index (χ1n) is 21.4. The van der Waals surface area contributed by atoms with Crippen molar-refractivity contribution in [2.24, 2.45) is 0 Å². The van der Waals surface area contributed by atoms with Gasteiger partial charge in [0.05, 0.1) is 45.3 Å². The summed E-state index contributed by atoms with van der Waals surface area (Å²) in [6.07, 6.45) is 1.72. The van der Waals surface area contributed by atoms with Gasteiger partial charge in [-0.25, -0.2) is 0 Å². The Bertz CT molecular complexity index is 2670. The second kappa shape index (κ2) is 14.3. The largest absolute Gasteiger partial charge is 0.308 e. The molecule has 0 unspecified atom stereocenters. The lowest BCUT2D eigenvalue weighted by atomic mass is 9.80. The molecule has 0 aromatic heterocycles. The van der Waals surface area contributed by atoms with E-state index in [1.54, 1.807) is 0 Å². The highest BCUT2D eigenvalue weighted by Crippen LogP contribution is 2.55. The van der Waals surface area contributed by atoms with Gasteiger partial charge >= 0.3 is 0 Å². The van der Waals surface area contributed by atoms with Gasteiger partial charge in [-0.15, -0.1) is 0 Å². The maximum absolute atomic E-state index is 10.9. The molecule has 0 N–H and O–H groups in total. The van der Waals surface area contributed by atoms with E-state index in [2.05, 4.69) is 157 Å². The van der Waals surface area contributed by atoms with Gasteiger partial charge in [0.25, 0.3) is 0 Å². The van der Waals surface area contributed by atoms with Crippen LogP contribution in [-0.2, 0) is 12.8 Å². The van der Waals surface area contributed by atoms with Crippen LogP contribution in [0.3, 0.4) is 0 Å². The van der Waals surface area contributed by atoms with Crippen molar-refractivity contribution in [2.75, 3.05) is 9.80 Å². The van der Waals surface area contributed by atoms with Crippen molar-refractivity contribution in [3.8, 4) is 23.3 Å². The Labute approximate surface area is 358 Å². The highest BCUT2D eigenvalue weighted by Gasteiger charge is 2.36. The predicted octanol–water partition coefficient (Wildman–Crippen LogP) is 14.8. The molecular weight excluding hydrogens is 729 g/mol. The van der Waals surface area contributed by atoms with E-state index in [0.717, 1.165) is 35.3 Å². The van der Waals surface area contributed by atoms with Gasteiger partial charge in [-0.1, -0.05) is 12.1 Å². The highest BCUT2D eigenvalue weighted by molar-refractivity contribution is 5.95. The maximum atomic E-state index is 10.9. The van der Waals surface area contributed by atoms with E-state index in [4.69, 9.17) is 0 Å². The van der Waals surface area contributed by atoms with Crippen molar-refractivity contribution in [1.29, 1.82) is 10.5 Å². The summed E-state index contributed by atoms with van der Waals surface area (Å²) in [4.78, 5) is 4.85. The molecule has 6 aromatic carbocycles. The number of hydrogen-bond donors (Lipinski definition) is 0. The molecule has 302 valence electrons. The molecule has 8 rings (SSSR count). The molecule has 4 nitrogen and oxygen atoms in total. The summed E-state index contributed by atoms with van der Waals surface area (Å²) >= 11 is 0. The van der Waals surface area contributed by atoms with E-state index in [-0.39, 0.29) is 0 Å². The van der Waals surface area contributed by atoms with Gasteiger partial charge in [-0.2, -0.15) is 10.5 Å². The Morgan fingerprint density at radius 2 is 0.567 bits per heavy atom. The summed E-state index contributed by atoms with van der Waals surface area (Å²) in [5.74, 6) is 0. The quantitative estimate of drug-likeness (QED) is 0.179. The molecule has 6 aromatic rings. The summed E-state index contributed by atoms with van der Waals surface area (Å²) in [6, 6.07) is 17.8. The van der Waals surface area contributed by atoms with E-state index < -0.39 is 0 Å². The first-order valence-corrected chi connectivity index (χ1v) is 21.4. The number of nitrogens with zero attached hydrogens (tertiary/aromatic N) is 4. The molecule has 0 atom stereocenters. The Balaban J connectivity index is 1.43. The molecule has 60 heavy (non-hydrogen) atoms. The zero-order valence-corrected chi connectivity index (χ0v) is 38.7. The van der Waals surface area contributed by atoms with Gasteiger partial charge in [-0.3, -0.25) is 0 Å². The maximum Gasteiger partial charge on any atom is 0.101 e. The van der Waals surface area contributed by atoms with Crippen LogP contribution in [0.4, 0.5) is 34.1 Å². The van der Waals surface area contributed by atoms with Crippen LogP contribution < -0.4 is 9.80 Å². The first-order chi connectivity index (χ1) is 28.4. The van der Waals surface area contributed by atoms with E-state index in [0.29, 0.717) is 11.1 Å². The molecule has 0 amide bonds.